The topological polar surface area (TPSA) is 144 Å². The van der Waals surface area contributed by atoms with Crippen LogP contribution in [0.2, 0.25) is 0 Å². The van der Waals surface area contributed by atoms with E-state index in [9.17, 15) is 14.0 Å². The first-order valence-electron chi connectivity index (χ1n) is 13.6. The number of aromatic nitrogens is 6. The smallest absolute Gasteiger partial charge is 0.327 e. The highest BCUT2D eigenvalue weighted by atomic mass is 19.1. The van der Waals surface area contributed by atoms with Crippen LogP contribution in [0.15, 0.2) is 65.7 Å². The van der Waals surface area contributed by atoms with Crippen molar-refractivity contribution in [2.24, 2.45) is 7.05 Å². The molecule has 14 heteroatoms. The average molecular weight is 588 g/mol. The van der Waals surface area contributed by atoms with Crippen molar-refractivity contribution < 1.29 is 18.8 Å². The first-order valence-corrected chi connectivity index (χ1v) is 13.6. The molecule has 0 aliphatic carbocycles. The van der Waals surface area contributed by atoms with Gasteiger partial charge in [0.05, 0.1) is 29.5 Å². The van der Waals surface area contributed by atoms with Crippen molar-refractivity contribution in [3.05, 3.63) is 88.5 Å². The molecule has 0 unspecified atom stereocenters. The number of H-pyrrole nitrogens is 1. The summed E-state index contributed by atoms with van der Waals surface area (Å²) in [6, 6.07) is 13.2. The van der Waals surface area contributed by atoms with Crippen LogP contribution in [0.4, 0.5) is 15.0 Å². The van der Waals surface area contributed by atoms with E-state index in [1.54, 1.807) is 42.2 Å². The highest BCUT2D eigenvalue weighted by Crippen LogP contribution is 2.32. The molecule has 5 heterocycles. The second-order valence-electron chi connectivity index (χ2n) is 10.2. The van der Waals surface area contributed by atoms with Gasteiger partial charge in [-0.25, -0.2) is 24.2 Å². The number of amides is 2. The number of aromatic amines is 1. The zero-order valence-corrected chi connectivity index (χ0v) is 23.7. The number of ether oxygens (including phenoxy) is 1. The minimum absolute atomic E-state index is 0.269. The Morgan fingerprint density at radius 2 is 2.02 bits per heavy atom. The van der Waals surface area contributed by atoms with Crippen molar-refractivity contribution >= 4 is 23.0 Å². The maximum atomic E-state index is 14.0. The lowest BCUT2D eigenvalue weighted by Crippen LogP contribution is -2.42. The van der Waals surface area contributed by atoms with Gasteiger partial charge in [0.2, 0.25) is 5.95 Å². The van der Waals surface area contributed by atoms with Crippen molar-refractivity contribution in [3.63, 3.8) is 0 Å². The van der Waals surface area contributed by atoms with Crippen LogP contribution in [0, 0.1) is 12.9 Å². The highest BCUT2D eigenvalue weighted by Gasteiger charge is 2.37. The molecule has 5 aromatic rings. The van der Waals surface area contributed by atoms with Crippen LogP contribution in [0.5, 0.6) is 0 Å². The molecule has 1 saturated heterocycles. The Labute approximate surface area is 245 Å². The molecular formula is C29H30FN9O4. The molecule has 0 saturated carbocycles. The number of urea groups is 1. The number of fused-ring (bicyclic) bond motifs is 1. The van der Waals surface area contributed by atoms with Crippen LogP contribution >= 0.6 is 0 Å². The summed E-state index contributed by atoms with van der Waals surface area (Å²) in [7, 11) is 3.24. The van der Waals surface area contributed by atoms with Gasteiger partial charge in [-0.3, -0.25) is 14.7 Å². The van der Waals surface area contributed by atoms with E-state index in [0.717, 1.165) is 5.69 Å². The monoisotopic (exact) mass is 587 g/mol. The maximum absolute atomic E-state index is 14.0. The second kappa shape index (κ2) is 11.8. The number of pyridine rings is 2. The van der Waals surface area contributed by atoms with Gasteiger partial charge in [0.25, 0.3) is 0 Å². The first kappa shape index (κ1) is 28.2. The van der Waals surface area contributed by atoms with Gasteiger partial charge in [-0.15, -0.1) is 0 Å². The predicted octanol–water partition coefficient (Wildman–Crippen LogP) is 3.08. The third-order valence-corrected chi connectivity index (χ3v) is 7.33. The van der Waals surface area contributed by atoms with Crippen LogP contribution in [0.1, 0.15) is 17.2 Å². The Hall–Kier alpha value is -4.92. The number of methoxy groups -OCH3 is 1. The minimum atomic E-state index is -0.637. The number of hydrogen-bond donors (Lipinski definition) is 3. The Bertz CT molecular complexity index is 1840. The zero-order chi connectivity index (χ0) is 30.1. The van der Waals surface area contributed by atoms with Gasteiger partial charge >= 0.3 is 11.7 Å². The van der Waals surface area contributed by atoms with E-state index in [0.29, 0.717) is 59.1 Å². The molecule has 1 aliphatic rings. The Kier molecular flexibility index (Phi) is 7.71. The van der Waals surface area contributed by atoms with Gasteiger partial charge < -0.3 is 15.0 Å². The number of anilines is 1. The number of rotatable bonds is 8. The number of aryl methyl sites for hydroxylation is 1. The van der Waals surface area contributed by atoms with E-state index < -0.39 is 24.1 Å². The van der Waals surface area contributed by atoms with Crippen LogP contribution in [0.25, 0.3) is 28.1 Å². The molecule has 43 heavy (non-hydrogen) atoms. The number of para-hydroxylation sites is 1. The molecule has 1 aromatic carbocycles. The summed E-state index contributed by atoms with van der Waals surface area (Å²) in [5.74, 6) is -0.191. The lowest BCUT2D eigenvalue weighted by molar-refractivity contribution is -0.154. The first-order chi connectivity index (χ1) is 20.8. The lowest BCUT2D eigenvalue weighted by Gasteiger charge is -2.19. The van der Waals surface area contributed by atoms with Gasteiger partial charge in [0.15, 0.2) is 5.65 Å². The standard InChI is InChI=1S/C29H30FN9O4/c1-17-24(19-13-21-27(32-15-19)37(2)29(41)34-21)36-39(20-7-5-4-6-8-20)26(17)35-28(40)33-22-16-38(11-12-42-3)43-25(22)18-9-10-31-23(30)14-18/h4-10,13-15,22,25H,11-12,16H2,1-3H3,(H,34,41)(H2,33,35,40)/t22-,25+/m1/s1. The van der Waals surface area contributed by atoms with Crippen molar-refractivity contribution in [3.8, 4) is 16.9 Å². The average Bonchev–Trinajstić information content (AvgIpc) is 3.65. The lowest BCUT2D eigenvalue weighted by atomic mass is 10.0. The zero-order valence-electron chi connectivity index (χ0n) is 23.7. The summed E-state index contributed by atoms with van der Waals surface area (Å²) in [6.07, 6.45) is 2.37. The van der Waals surface area contributed by atoms with Crippen molar-refractivity contribution in [2.75, 3.05) is 32.1 Å². The molecule has 1 aliphatic heterocycles. The number of carbonyl (C=O) groups is 1. The quantitative estimate of drug-likeness (QED) is 0.235. The molecule has 2 atom stereocenters. The number of halogens is 1. The van der Waals surface area contributed by atoms with E-state index in [-0.39, 0.29) is 5.69 Å². The normalized spacial score (nSPS) is 17.0. The number of imidazole rings is 1. The molecule has 2 amide bonds. The van der Waals surface area contributed by atoms with E-state index in [2.05, 4.69) is 25.6 Å². The largest absolute Gasteiger partial charge is 0.383 e. The number of hydroxylamine groups is 2. The fourth-order valence-electron chi connectivity index (χ4n) is 5.16. The molecule has 0 bridgehead atoms. The van der Waals surface area contributed by atoms with Gasteiger partial charge in [0.1, 0.15) is 11.9 Å². The number of nitrogens with one attached hydrogen (secondary N) is 3. The van der Waals surface area contributed by atoms with Crippen molar-refractivity contribution in [2.45, 2.75) is 19.1 Å². The van der Waals surface area contributed by atoms with Crippen LogP contribution in [-0.4, -0.2) is 73.2 Å². The molecule has 1 fully saturated rings. The summed E-state index contributed by atoms with van der Waals surface area (Å²) in [5.41, 5.74) is 4.05. The van der Waals surface area contributed by atoms with E-state index in [1.807, 2.05) is 37.3 Å². The van der Waals surface area contributed by atoms with Gasteiger partial charge in [-0.1, -0.05) is 18.2 Å². The van der Waals surface area contributed by atoms with Gasteiger partial charge in [-0.2, -0.15) is 14.6 Å². The number of carbonyl (C=O) groups excluding carboxylic acids is 1. The molecule has 13 nitrogen and oxygen atoms in total. The highest BCUT2D eigenvalue weighted by molar-refractivity contribution is 5.91. The predicted molar refractivity (Wildman–Crippen MR) is 156 cm³/mol. The molecule has 222 valence electrons. The summed E-state index contributed by atoms with van der Waals surface area (Å²) in [4.78, 5) is 42.6. The summed E-state index contributed by atoms with van der Waals surface area (Å²) in [6.45, 7) is 3.10. The summed E-state index contributed by atoms with van der Waals surface area (Å²) in [5, 5.41) is 12.5. The van der Waals surface area contributed by atoms with Crippen LogP contribution < -0.4 is 16.3 Å². The number of hydrogen-bond acceptors (Lipinski definition) is 8. The second-order valence-corrected chi connectivity index (χ2v) is 10.2. The molecule has 0 radical (unpaired) electrons. The third-order valence-electron chi connectivity index (χ3n) is 7.33. The maximum Gasteiger partial charge on any atom is 0.327 e. The van der Waals surface area contributed by atoms with Crippen LogP contribution in [0.3, 0.4) is 0 Å². The number of nitrogens with zero attached hydrogens (tertiary/aromatic N) is 6. The fraction of sp³-hybridized carbons (Fsp3) is 0.276. The fourth-order valence-corrected chi connectivity index (χ4v) is 5.16. The van der Waals surface area contributed by atoms with Crippen LogP contribution in [-0.2, 0) is 16.6 Å². The number of benzene rings is 1. The SMILES string of the molecule is COCCN1C[C@@H](NC(=O)Nc2c(C)c(-c3cnc4c(c3)[nH]c(=O)n4C)nn2-c2ccccc2)[C@H](c2ccnc(F)c2)O1. The summed E-state index contributed by atoms with van der Waals surface area (Å²) >= 11 is 0. The van der Waals surface area contributed by atoms with E-state index >= 15 is 0 Å². The molecule has 0 spiro atoms. The van der Waals surface area contributed by atoms with Crippen molar-refractivity contribution in [1.82, 2.24) is 39.7 Å². The molecule has 3 N–H and O–H groups in total. The van der Waals surface area contributed by atoms with Crippen molar-refractivity contribution in [1.29, 1.82) is 0 Å². The van der Waals surface area contributed by atoms with E-state index in [1.165, 1.54) is 16.8 Å². The minimum Gasteiger partial charge on any atom is -0.383 e. The molecule has 4 aromatic heterocycles. The third kappa shape index (κ3) is 5.62. The Morgan fingerprint density at radius 3 is 2.79 bits per heavy atom. The van der Waals surface area contributed by atoms with Gasteiger partial charge in [-0.05, 0) is 42.8 Å². The Balaban J connectivity index is 1.31. The van der Waals surface area contributed by atoms with Gasteiger partial charge in [0, 0.05) is 50.8 Å². The molecule has 6 rings (SSSR count). The molecular weight excluding hydrogens is 557 g/mol. The van der Waals surface area contributed by atoms with E-state index in [4.69, 9.17) is 14.7 Å². The summed E-state index contributed by atoms with van der Waals surface area (Å²) < 4.78 is 22.2. The Morgan fingerprint density at radius 1 is 1.21 bits per heavy atom.